The first-order valence-electron chi connectivity index (χ1n) is 5.25. The molecule has 0 saturated heterocycles. The molecule has 1 N–H and O–H groups in total. The summed E-state index contributed by atoms with van der Waals surface area (Å²) in [4.78, 5) is 11.6. The van der Waals surface area contributed by atoms with E-state index in [2.05, 4.69) is 0 Å². The van der Waals surface area contributed by atoms with Gasteiger partial charge < -0.3 is 5.11 Å². The second-order valence-electron chi connectivity index (χ2n) is 3.79. The number of carbonyl (C=O) groups is 1. The van der Waals surface area contributed by atoms with Gasteiger partial charge in [-0.2, -0.15) is 0 Å². The number of hydrogen-bond acceptors (Lipinski definition) is 2. The first-order valence-corrected chi connectivity index (χ1v) is 5.25. The van der Waals surface area contributed by atoms with E-state index in [1.807, 2.05) is 36.4 Å². The maximum atomic E-state index is 11.6. The van der Waals surface area contributed by atoms with E-state index in [0.717, 1.165) is 18.4 Å². The minimum absolute atomic E-state index is 0.0811. The van der Waals surface area contributed by atoms with E-state index in [1.165, 1.54) is 0 Å². The molecule has 0 fully saturated rings. The molecule has 0 bridgehead atoms. The van der Waals surface area contributed by atoms with Crippen molar-refractivity contribution in [2.45, 2.75) is 25.4 Å². The summed E-state index contributed by atoms with van der Waals surface area (Å²) in [6.45, 7) is 0. The van der Waals surface area contributed by atoms with Crippen molar-refractivity contribution >= 4 is 5.78 Å². The van der Waals surface area contributed by atoms with E-state index in [0.29, 0.717) is 12.0 Å². The highest BCUT2D eigenvalue weighted by atomic mass is 16.3. The molecule has 1 aromatic carbocycles. The number of hydrogen-bond donors (Lipinski definition) is 1. The number of ketones is 1. The van der Waals surface area contributed by atoms with Gasteiger partial charge in [0.1, 0.15) is 6.10 Å². The highest BCUT2D eigenvalue weighted by Crippen LogP contribution is 2.26. The standard InChI is InChI=1S/C13H14O2/c14-12-9-5-4-8-11(12)13(15)10-6-2-1-3-7-10/h1-3,6-8,13,15H,4-5,9H2/t13-/m0/s1. The third-order valence-electron chi connectivity index (χ3n) is 2.70. The van der Waals surface area contributed by atoms with Gasteiger partial charge in [-0.25, -0.2) is 0 Å². The largest absolute Gasteiger partial charge is 0.384 e. The van der Waals surface area contributed by atoms with Crippen molar-refractivity contribution in [3.63, 3.8) is 0 Å². The predicted molar refractivity (Wildman–Crippen MR) is 58.3 cm³/mol. The first-order chi connectivity index (χ1) is 7.29. The molecule has 0 heterocycles. The minimum Gasteiger partial charge on any atom is -0.384 e. The van der Waals surface area contributed by atoms with E-state index in [4.69, 9.17) is 0 Å². The summed E-state index contributed by atoms with van der Waals surface area (Å²) in [7, 11) is 0. The molecule has 0 aromatic heterocycles. The van der Waals surface area contributed by atoms with Crippen LogP contribution in [0.15, 0.2) is 42.0 Å². The van der Waals surface area contributed by atoms with Crippen LogP contribution in [0.5, 0.6) is 0 Å². The van der Waals surface area contributed by atoms with Crippen molar-refractivity contribution in [2.75, 3.05) is 0 Å². The van der Waals surface area contributed by atoms with Gasteiger partial charge in [-0.1, -0.05) is 36.4 Å². The Balaban J connectivity index is 2.24. The Hall–Kier alpha value is -1.41. The normalized spacial score (nSPS) is 18.5. The van der Waals surface area contributed by atoms with Gasteiger partial charge in [-0.3, -0.25) is 4.79 Å². The molecule has 1 atom stereocenters. The number of Topliss-reactive ketones (excluding diaryl/α,β-unsaturated/α-hetero) is 1. The second-order valence-corrected chi connectivity index (χ2v) is 3.79. The molecule has 78 valence electrons. The lowest BCUT2D eigenvalue weighted by Gasteiger charge is -2.17. The van der Waals surface area contributed by atoms with Crippen molar-refractivity contribution in [3.05, 3.63) is 47.5 Å². The van der Waals surface area contributed by atoms with Crippen molar-refractivity contribution in [2.24, 2.45) is 0 Å². The third-order valence-corrected chi connectivity index (χ3v) is 2.70. The number of benzene rings is 1. The van der Waals surface area contributed by atoms with Crippen LogP contribution in [-0.4, -0.2) is 10.9 Å². The van der Waals surface area contributed by atoms with Crippen LogP contribution in [-0.2, 0) is 4.79 Å². The Labute approximate surface area is 89.2 Å². The summed E-state index contributed by atoms with van der Waals surface area (Å²) in [6, 6.07) is 9.31. The number of carbonyl (C=O) groups excluding carboxylic acids is 1. The highest BCUT2D eigenvalue weighted by molar-refractivity contribution is 5.97. The number of rotatable bonds is 2. The molecule has 0 aliphatic heterocycles. The highest BCUT2D eigenvalue weighted by Gasteiger charge is 2.21. The summed E-state index contributed by atoms with van der Waals surface area (Å²) in [5.74, 6) is 0.0811. The lowest BCUT2D eigenvalue weighted by molar-refractivity contribution is -0.117. The van der Waals surface area contributed by atoms with Crippen LogP contribution in [0.25, 0.3) is 0 Å². The SMILES string of the molecule is O=C1CCCC=C1[C@@H](O)c1ccccc1. The van der Waals surface area contributed by atoms with Gasteiger partial charge >= 0.3 is 0 Å². The van der Waals surface area contributed by atoms with E-state index >= 15 is 0 Å². The lowest BCUT2D eigenvalue weighted by atomic mass is 9.91. The predicted octanol–water partition coefficient (Wildman–Crippen LogP) is 2.40. The van der Waals surface area contributed by atoms with E-state index in [9.17, 15) is 9.90 Å². The number of allylic oxidation sites excluding steroid dienone is 1. The zero-order valence-corrected chi connectivity index (χ0v) is 8.52. The van der Waals surface area contributed by atoms with Gasteiger partial charge in [0.25, 0.3) is 0 Å². The molecule has 0 amide bonds. The number of aliphatic hydroxyl groups is 1. The molecule has 1 aliphatic rings. The summed E-state index contributed by atoms with van der Waals surface area (Å²) >= 11 is 0. The van der Waals surface area contributed by atoms with Crippen LogP contribution in [0.1, 0.15) is 30.9 Å². The van der Waals surface area contributed by atoms with Crippen LogP contribution < -0.4 is 0 Å². The fraction of sp³-hybridized carbons (Fsp3) is 0.308. The first kappa shape index (κ1) is 10.1. The Kier molecular flexibility index (Phi) is 2.97. The average molecular weight is 202 g/mol. The zero-order chi connectivity index (χ0) is 10.7. The van der Waals surface area contributed by atoms with Crippen molar-refractivity contribution in [1.82, 2.24) is 0 Å². The van der Waals surface area contributed by atoms with Gasteiger partial charge in [0, 0.05) is 12.0 Å². The Morgan fingerprint density at radius 1 is 1.20 bits per heavy atom. The van der Waals surface area contributed by atoms with Crippen LogP contribution in [0.2, 0.25) is 0 Å². The molecule has 15 heavy (non-hydrogen) atoms. The summed E-state index contributed by atoms with van der Waals surface area (Å²) in [6.07, 6.45) is 3.48. The molecule has 1 aromatic rings. The maximum Gasteiger partial charge on any atom is 0.161 e. The third kappa shape index (κ3) is 2.16. The lowest BCUT2D eigenvalue weighted by Crippen LogP contribution is -2.14. The molecule has 0 spiro atoms. The molecule has 0 saturated carbocycles. The molecule has 0 unspecified atom stereocenters. The van der Waals surface area contributed by atoms with Crippen molar-refractivity contribution < 1.29 is 9.90 Å². The van der Waals surface area contributed by atoms with Gasteiger partial charge in [-0.15, -0.1) is 0 Å². The van der Waals surface area contributed by atoms with Crippen molar-refractivity contribution in [1.29, 1.82) is 0 Å². The van der Waals surface area contributed by atoms with Crippen LogP contribution in [0.3, 0.4) is 0 Å². The maximum absolute atomic E-state index is 11.6. The molecule has 0 radical (unpaired) electrons. The zero-order valence-electron chi connectivity index (χ0n) is 8.52. The Bertz CT molecular complexity index is 379. The fourth-order valence-corrected chi connectivity index (χ4v) is 1.86. The van der Waals surface area contributed by atoms with Gasteiger partial charge in [0.15, 0.2) is 5.78 Å². The minimum atomic E-state index is -0.751. The smallest absolute Gasteiger partial charge is 0.161 e. The van der Waals surface area contributed by atoms with Gasteiger partial charge in [0.2, 0.25) is 0 Å². The average Bonchev–Trinajstić information content (AvgIpc) is 2.30. The molecule has 2 nitrogen and oxygen atoms in total. The number of aliphatic hydroxyl groups excluding tert-OH is 1. The summed E-state index contributed by atoms with van der Waals surface area (Å²) in [5.41, 5.74) is 1.35. The van der Waals surface area contributed by atoms with Gasteiger partial charge in [-0.05, 0) is 18.4 Å². The van der Waals surface area contributed by atoms with Crippen LogP contribution in [0, 0.1) is 0 Å². The second kappa shape index (κ2) is 4.41. The summed E-state index contributed by atoms with van der Waals surface area (Å²) in [5, 5.41) is 10.0. The Morgan fingerprint density at radius 2 is 1.93 bits per heavy atom. The fourth-order valence-electron chi connectivity index (χ4n) is 1.86. The molecular weight excluding hydrogens is 188 g/mol. The van der Waals surface area contributed by atoms with E-state index in [1.54, 1.807) is 0 Å². The molecule has 2 rings (SSSR count). The van der Waals surface area contributed by atoms with Crippen molar-refractivity contribution in [3.8, 4) is 0 Å². The Morgan fingerprint density at radius 3 is 2.60 bits per heavy atom. The monoisotopic (exact) mass is 202 g/mol. The van der Waals surface area contributed by atoms with Crippen LogP contribution in [0.4, 0.5) is 0 Å². The quantitative estimate of drug-likeness (QED) is 0.799. The van der Waals surface area contributed by atoms with E-state index in [-0.39, 0.29) is 5.78 Å². The molecule has 1 aliphatic carbocycles. The topological polar surface area (TPSA) is 37.3 Å². The summed E-state index contributed by atoms with van der Waals surface area (Å²) < 4.78 is 0. The van der Waals surface area contributed by atoms with Gasteiger partial charge in [0.05, 0.1) is 0 Å². The van der Waals surface area contributed by atoms with E-state index < -0.39 is 6.10 Å². The van der Waals surface area contributed by atoms with Crippen LogP contribution >= 0.6 is 0 Å². The molecular formula is C13H14O2. The molecule has 2 heteroatoms.